The maximum Gasteiger partial charge on any atom is 0.265 e. The highest BCUT2D eigenvalue weighted by atomic mass is 19.1. The van der Waals surface area contributed by atoms with E-state index in [2.05, 4.69) is 11.9 Å². The van der Waals surface area contributed by atoms with Gasteiger partial charge in [0.2, 0.25) is 5.69 Å². The molecular formula is C21H24F2N2O2. The number of benzene rings is 1. The number of hydrogen-bond acceptors (Lipinski definition) is 2. The number of halogens is 2. The van der Waals surface area contributed by atoms with E-state index in [1.54, 1.807) is 0 Å². The number of nitrogens with zero attached hydrogens (tertiary/aromatic N) is 1. The Hall–Kier alpha value is -2.76. The third kappa shape index (κ3) is 3.84. The van der Waals surface area contributed by atoms with E-state index in [1.165, 1.54) is 32.1 Å². The Morgan fingerprint density at radius 3 is 2.22 bits per heavy atom. The molecule has 27 heavy (non-hydrogen) atoms. The van der Waals surface area contributed by atoms with Gasteiger partial charge in [0, 0.05) is 19.5 Å². The number of hydrogen-bond donors (Lipinski definition) is 1. The molecule has 0 aliphatic carbocycles. The minimum atomic E-state index is -0.729. The first-order valence-corrected chi connectivity index (χ1v) is 8.91. The van der Waals surface area contributed by atoms with Gasteiger partial charge in [-0.25, -0.2) is 8.78 Å². The van der Waals surface area contributed by atoms with Gasteiger partial charge >= 0.3 is 0 Å². The van der Waals surface area contributed by atoms with Crippen LogP contribution in [0.25, 0.3) is 0 Å². The molecule has 6 heteroatoms. The van der Waals surface area contributed by atoms with Crippen molar-refractivity contribution in [3.05, 3.63) is 75.3 Å². The van der Waals surface area contributed by atoms with Gasteiger partial charge < -0.3 is 10.5 Å². The Morgan fingerprint density at radius 1 is 1.19 bits per heavy atom. The molecule has 0 unspecified atom stereocenters. The number of amides is 1. The van der Waals surface area contributed by atoms with Crippen LogP contribution < -0.4 is 10.0 Å². The highest BCUT2D eigenvalue weighted by molar-refractivity contribution is 6.06. The predicted molar refractivity (Wildman–Crippen MR) is 102 cm³/mol. The minimum absolute atomic E-state index is 0.0199. The Balaban J connectivity index is 2.59. The number of allylic oxidation sites excluding steroid dienone is 1. The van der Waals surface area contributed by atoms with Crippen molar-refractivity contribution in [2.75, 3.05) is 5.32 Å². The number of anilines is 1. The molecule has 0 radical (unpaired) electrons. The van der Waals surface area contributed by atoms with Gasteiger partial charge in [-0.1, -0.05) is 19.9 Å². The van der Waals surface area contributed by atoms with E-state index in [1.807, 2.05) is 13.8 Å². The molecule has 2 aromatic rings. The lowest BCUT2D eigenvalue weighted by atomic mass is 10.0. The smallest absolute Gasteiger partial charge is 0.265 e. The van der Waals surface area contributed by atoms with Crippen LogP contribution in [0.5, 0.6) is 0 Å². The molecule has 0 saturated heterocycles. The summed E-state index contributed by atoms with van der Waals surface area (Å²) in [5, 5.41) is 15.1. The molecule has 4 nitrogen and oxygen atoms in total. The SMILES string of the molecule is C=CCc1c(F)c(C(=O)Nc2c(CC)cc(F)cc2CC)c(C)[n+]([O-])c1C. The van der Waals surface area contributed by atoms with E-state index in [0.717, 1.165) is 0 Å². The summed E-state index contributed by atoms with van der Waals surface area (Å²) in [6, 6.07) is 2.70. The number of pyridine rings is 1. The normalized spacial score (nSPS) is 10.7. The van der Waals surface area contributed by atoms with Gasteiger partial charge in [-0.15, -0.1) is 6.58 Å². The Bertz CT molecular complexity index is 883. The molecular weight excluding hydrogens is 350 g/mol. The monoisotopic (exact) mass is 374 g/mol. The van der Waals surface area contributed by atoms with Crippen molar-refractivity contribution in [2.45, 2.75) is 47.0 Å². The van der Waals surface area contributed by atoms with E-state index in [9.17, 15) is 14.4 Å². The van der Waals surface area contributed by atoms with E-state index >= 15 is 4.39 Å². The predicted octanol–water partition coefficient (Wildman–Crippen LogP) is 4.32. The summed E-state index contributed by atoms with van der Waals surface area (Å²) in [6.45, 7) is 10.2. The quantitative estimate of drug-likeness (QED) is 0.465. The molecule has 144 valence electrons. The topological polar surface area (TPSA) is 56.0 Å². The largest absolute Gasteiger partial charge is 0.618 e. The molecule has 0 saturated carbocycles. The fraction of sp³-hybridized carbons (Fsp3) is 0.333. The third-order valence-electron chi connectivity index (χ3n) is 4.73. The molecule has 1 heterocycles. The summed E-state index contributed by atoms with van der Waals surface area (Å²) in [5.74, 6) is -1.84. The van der Waals surface area contributed by atoms with Gasteiger partial charge in [0.25, 0.3) is 5.91 Å². The van der Waals surface area contributed by atoms with Crippen LogP contribution >= 0.6 is 0 Å². The number of carbonyl (C=O) groups excluding carboxylic acids is 1. The fourth-order valence-corrected chi connectivity index (χ4v) is 3.21. The summed E-state index contributed by atoms with van der Waals surface area (Å²) in [6.07, 6.45) is 2.61. The highest BCUT2D eigenvalue weighted by Gasteiger charge is 2.28. The first kappa shape index (κ1) is 20.6. The average molecular weight is 374 g/mol. The second-order valence-corrected chi connectivity index (χ2v) is 6.39. The Labute approximate surface area is 158 Å². The fourth-order valence-electron chi connectivity index (χ4n) is 3.21. The lowest BCUT2D eigenvalue weighted by Crippen LogP contribution is -2.39. The zero-order valence-corrected chi connectivity index (χ0v) is 16.1. The maximum absolute atomic E-state index is 15.0. The Kier molecular flexibility index (Phi) is 6.31. The van der Waals surface area contributed by atoms with Gasteiger partial charge in [-0.2, -0.15) is 4.73 Å². The van der Waals surface area contributed by atoms with Crippen LogP contribution in [0.1, 0.15) is 52.3 Å². The average Bonchev–Trinajstić information content (AvgIpc) is 2.64. The molecule has 0 aliphatic heterocycles. The molecule has 0 atom stereocenters. The molecule has 0 fully saturated rings. The number of rotatable bonds is 6. The van der Waals surface area contributed by atoms with Crippen LogP contribution in [0.3, 0.4) is 0 Å². The van der Waals surface area contributed by atoms with Gasteiger partial charge in [-0.05, 0) is 42.5 Å². The number of aromatic nitrogens is 1. The minimum Gasteiger partial charge on any atom is -0.618 e. The van der Waals surface area contributed by atoms with Crippen LogP contribution in [0.15, 0.2) is 24.8 Å². The molecule has 1 amide bonds. The number of carbonyl (C=O) groups is 1. The third-order valence-corrected chi connectivity index (χ3v) is 4.73. The molecule has 1 N–H and O–H groups in total. The lowest BCUT2D eigenvalue weighted by Gasteiger charge is -2.17. The van der Waals surface area contributed by atoms with E-state index in [-0.39, 0.29) is 34.8 Å². The maximum atomic E-state index is 15.0. The molecule has 2 rings (SSSR count). The summed E-state index contributed by atoms with van der Waals surface area (Å²) < 4.78 is 29.4. The number of nitrogens with one attached hydrogen (secondary N) is 1. The van der Waals surface area contributed by atoms with Crippen molar-refractivity contribution in [2.24, 2.45) is 0 Å². The lowest BCUT2D eigenvalue weighted by molar-refractivity contribution is -0.620. The summed E-state index contributed by atoms with van der Waals surface area (Å²) in [4.78, 5) is 12.9. The zero-order valence-electron chi connectivity index (χ0n) is 16.1. The molecule has 0 bridgehead atoms. The molecule has 1 aromatic heterocycles. The van der Waals surface area contributed by atoms with Gasteiger partial charge in [-0.3, -0.25) is 4.79 Å². The first-order chi connectivity index (χ1) is 12.8. The van der Waals surface area contributed by atoms with Crippen molar-refractivity contribution in [1.82, 2.24) is 0 Å². The first-order valence-electron chi connectivity index (χ1n) is 8.91. The van der Waals surface area contributed by atoms with Crippen LogP contribution in [0, 0.1) is 30.7 Å². The van der Waals surface area contributed by atoms with Crippen molar-refractivity contribution < 1.29 is 18.3 Å². The van der Waals surface area contributed by atoms with Gasteiger partial charge in [0.05, 0.1) is 5.56 Å². The van der Waals surface area contributed by atoms with Crippen LogP contribution in [-0.2, 0) is 19.3 Å². The highest BCUT2D eigenvalue weighted by Crippen LogP contribution is 2.26. The van der Waals surface area contributed by atoms with Crippen molar-refractivity contribution in [3.8, 4) is 0 Å². The summed E-state index contributed by atoms with van der Waals surface area (Å²) in [5.41, 5.74) is 1.72. The Morgan fingerprint density at radius 2 is 1.74 bits per heavy atom. The van der Waals surface area contributed by atoms with E-state index in [0.29, 0.717) is 34.4 Å². The van der Waals surface area contributed by atoms with Crippen LogP contribution in [0.4, 0.5) is 14.5 Å². The standard InChI is InChI=1S/C21H24F2N2O2/c1-6-9-17-12(4)25(27)13(5)18(19(17)23)21(26)24-20-14(7-2)10-16(22)11-15(20)8-3/h6,10-11H,1,7-9H2,2-5H3,(H,24,26). The molecule has 0 aliphatic rings. The van der Waals surface area contributed by atoms with Crippen LogP contribution in [0.2, 0.25) is 0 Å². The van der Waals surface area contributed by atoms with Crippen LogP contribution in [-0.4, -0.2) is 5.91 Å². The van der Waals surface area contributed by atoms with Gasteiger partial charge in [0.1, 0.15) is 11.4 Å². The molecule has 1 aromatic carbocycles. The second-order valence-electron chi connectivity index (χ2n) is 6.39. The van der Waals surface area contributed by atoms with Gasteiger partial charge in [0.15, 0.2) is 11.5 Å². The van der Waals surface area contributed by atoms with E-state index in [4.69, 9.17) is 0 Å². The van der Waals surface area contributed by atoms with Crippen molar-refractivity contribution >= 4 is 11.6 Å². The zero-order chi connectivity index (χ0) is 20.3. The number of aryl methyl sites for hydroxylation is 2. The van der Waals surface area contributed by atoms with Crippen molar-refractivity contribution in [3.63, 3.8) is 0 Å². The van der Waals surface area contributed by atoms with E-state index < -0.39 is 11.7 Å². The summed E-state index contributed by atoms with van der Waals surface area (Å²) >= 11 is 0. The summed E-state index contributed by atoms with van der Waals surface area (Å²) in [7, 11) is 0. The molecule has 0 spiro atoms. The van der Waals surface area contributed by atoms with Crippen molar-refractivity contribution in [1.29, 1.82) is 0 Å². The second kappa shape index (κ2) is 8.29.